The molecule has 1 N–H and O–H groups in total. The number of nitrogens with zero attached hydrogens (tertiary/aromatic N) is 2. The summed E-state index contributed by atoms with van der Waals surface area (Å²) < 4.78 is 4.86. The number of aromatic nitrogens is 2. The SMILES string of the molecule is COC(=O)C1CCC(Nc2ncc(Cl)c(-c3cccc(-c4ccccc4)c3)n2)CC1. The molecule has 1 aliphatic rings. The minimum Gasteiger partial charge on any atom is -0.469 e. The maximum Gasteiger partial charge on any atom is 0.308 e. The molecule has 1 heterocycles. The standard InChI is InChI=1S/C24H24ClN3O2/c1-30-23(29)17-10-12-20(13-11-17)27-24-26-15-21(25)22(28-24)19-9-5-8-18(14-19)16-6-3-2-4-7-16/h2-9,14-15,17,20H,10-13H2,1H3,(H,26,27,28). The molecule has 3 aromatic rings. The van der Waals surface area contributed by atoms with E-state index in [9.17, 15) is 4.79 Å². The fourth-order valence-electron chi connectivity index (χ4n) is 3.94. The van der Waals surface area contributed by atoms with E-state index < -0.39 is 0 Å². The second-order valence-electron chi connectivity index (χ2n) is 7.55. The van der Waals surface area contributed by atoms with Gasteiger partial charge in [0.15, 0.2) is 0 Å². The molecule has 0 amide bonds. The van der Waals surface area contributed by atoms with Crippen LogP contribution in [-0.4, -0.2) is 29.1 Å². The molecule has 1 aromatic heterocycles. The Hall–Kier alpha value is -2.92. The highest BCUT2D eigenvalue weighted by Gasteiger charge is 2.27. The number of carbonyl (C=O) groups is 1. The third kappa shape index (κ3) is 4.62. The van der Waals surface area contributed by atoms with E-state index in [1.807, 2.05) is 30.3 Å². The lowest BCUT2D eigenvalue weighted by Gasteiger charge is -2.27. The summed E-state index contributed by atoms with van der Waals surface area (Å²) in [7, 11) is 1.45. The lowest BCUT2D eigenvalue weighted by atomic mass is 9.86. The largest absolute Gasteiger partial charge is 0.469 e. The smallest absolute Gasteiger partial charge is 0.308 e. The van der Waals surface area contributed by atoms with Crippen LogP contribution < -0.4 is 5.32 Å². The normalized spacial score (nSPS) is 18.6. The van der Waals surface area contributed by atoms with E-state index in [2.05, 4.69) is 34.6 Å². The second-order valence-corrected chi connectivity index (χ2v) is 7.96. The molecule has 0 unspecified atom stereocenters. The van der Waals surface area contributed by atoms with Gasteiger partial charge in [0.2, 0.25) is 5.95 Å². The highest BCUT2D eigenvalue weighted by molar-refractivity contribution is 6.32. The minimum absolute atomic E-state index is 0.00419. The number of hydrogen-bond acceptors (Lipinski definition) is 5. The molecule has 5 nitrogen and oxygen atoms in total. The molecule has 1 fully saturated rings. The number of ether oxygens (including phenoxy) is 1. The predicted molar refractivity (Wildman–Crippen MR) is 119 cm³/mol. The number of hydrogen-bond donors (Lipinski definition) is 1. The summed E-state index contributed by atoms with van der Waals surface area (Å²) in [6, 6.07) is 18.6. The fourth-order valence-corrected chi connectivity index (χ4v) is 4.14. The van der Waals surface area contributed by atoms with Crippen LogP contribution in [0.2, 0.25) is 5.02 Å². The van der Waals surface area contributed by atoms with Gasteiger partial charge in [0.05, 0.1) is 29.9 Å². The number of benzene rings is 2. The number of halogens is 1. The first-order valence-corrected chi connectivity index (χ1v) is 10.5. The van der Waals surface area contributed by atoms with Gasteiger partial charge in [0, 0.05) is 11.6 Å². The van der Waals surface area contributed by atoms with Crippen LogP contribution in [0, 0.1) is 5.92 Å². The predicted octanol–water partition coefficient (Wildman–Crippen LogP) is 5.61. The molecule has 0 bridgehead atoms. The van der Waals surface area contributed by atoms with Crippen molar-refractivity contribution in [3.8, 4) is 22.4 Å². The molecule has 0 radical (unpaired) electrons. The van der Waals surface area contributed by atoms with Crippen LogP contribution in [0.25, 0.3) is 22.4 Å². The number of rotatable bonds is 5. The highest BCUT2D eigenvalue weighted by Crippen LogP contribution is 2.31. The van der Waals surface area contributed by atoms with Crippen molar-refractivity contribution in [1.82, 2.24) is 9.97 Å². The van der Waals surface area contributed by atoms with Gasteiger partial charge in [0.25, 0.3) is 0 Å². The van der Waals surface area contributed by atoms with Gasteiger partial charge in [-0.05, 0) is 42.9 Å². The Kier molecular flexibility index (Phi) is 6.29. The van der Waals surface area contributed by atoms with Gasteiger partial charge >= 0.3 is 5.97 Å². The zero-order valence-corrected chi connectivity index (χ0v) is 17.6. The molecule has 154 valence electrons. The van der Waals surface area contributed by atoms with Crippen LogP contribution in [0.5, 0.6) is 0 Å². The number of anilines is 1. The van der Waals surface area contributed by atoms with Gasteiger partial charge in [-0.25, -0.2) is 9.97 Å². The summed E-state index contributed by atoms with van der Waals surface area (Å²) in [5, 5.41) is 3.92. The average molecular weight is 422 g/mol. The maximum absolute atomic E-state index is 11.7. The van der Waals surface area contributed by atoms with Crippen molar-refractivity contribution >= 4 is 23.5 Å². The molecule has 4 rings (SSSR count). The Bertz CT molecular complexity index is 1020. The second kappa shape index (κ2) is 9.26. The number of carbonyl (C=O) groups excluding carboxylic acids is 1. The first-order chi connectivity index (χ1) is 14.6. The van der Waals surface area contributed by atoms with Gasteiger partial charge < -0.3 is 10.1 Å². The van der Waals surface area contributed by atoms with E-state index in [4.69, 9.17) is 21.3 Å². The van der Waals surface area contributed by atoms with Crippen molar-refractivity contribution in [2.75, 3.05) is 12.4 Å². The number of esters is 1. The summed E-state index contributed by atoms with van der Waals surface area (Å²) in [6.07, 6.45) is 5.02. The van der Waals surface area contributed by atoms with Crippen molar-refractivity contribution < 1.29 is 9.53 Å². The molecule has 0 aliphatic heterocycles. The summed E-state index contributed by atoms with van der Waals surface area (Å²) >= 11 is 6.44. The van der Waals surface area contributed by atoms with Crippen LogP contribution in [-0.2, 0) is 9.53 Å². The summed E-state index contributed by atoms with van der Waals surface area (Å²) in [6.45, 7) is 0. The molecule has 0 atom stereocenters. The van der Waals surface area contributed by atoms with E-state index in [0.29, 0.717) is 16.7 Å². The van der Waals surface area contributed by atoms with Gasteiger partial charge in [-0.15, -0.1) is 0 Å². The Labute approximate surface area is 181 Å². The van der Waals surface area contributed by atoms with E-state index >= 15 is 0 Å². The summed E-state index contributed by atoms with van der Waals surface area (Å²) in [4.78, 5) is 20.8. The van der Waals surface area contributed by atoms with Crippen molar-refractivity contribution in [2.45, 2.75) is 31.7 Å². The molecule has 0 saturated heterocycles. The van der Waals surface area contributed by atoms with E-state index in [0.717, 1.165) is 42.4 Å². The molecule has 6 heteroatoms. The van der Waals surface area contributed by atoms with E-state index in [1.165, 1.54) is 7.11 Å². The number of methoxy groups -OCH3 is 1. The lowest BCUT2D eigenvalue weighted by molar-refractivity contribution is -0.146. The van der Waals surface area contributed by atoms with Crippen LogP contribution in [0.15, 0.2) is 60.8 Å². The Balaban J connectivity index is 1.51. The highest BCUT2D eigenvalue weighted by atomic mass is 35.5. The van der Waals surface area contributed by atoms with Crippen LogP contribution in [0.1, 0.15) is 25.7 Å². The molecule has 1 aliphatic carbocycles. The van der Waals surface area contributed by atoms with Crippen LogP contribution >= 0.6 is 11.6 Å². The summed E-state index contributed by atoms with van der Waals surface area (Å²) in [5.41, 5.74) is 3.90. The first-order valence-electron chi connectivity index (χ1n) is 10.2. The van der Waals surface area contributed by atoms with Crippen molar-refractivity contribution in [1.29, 1.82) is 0 Å². The minimum atomic E-state index is -0.114. The molecule has 1 saturated carbocycles. The zero-order valence-electron chi connectivity index (χ0n) is 16.8. The van der Waals surface area contributed by atoms with Crippen molar-refractivity contribution in [3.05, 3.63) is 65.8 Å². The topological polar surface area (TPSA) is 64.1 Å². The monoisotopic (exact) mass is 421 g/mol. The zero-order chi connectivity index (χ0) is 20.9. The Morgan fingerprint density at radius 1 is 1.00 bits per heavy atom. The van der Waals surface area contributed by atoms with Crippen LogP contribution in [0.3, 0.4) is 0 Å². The average Bonchev–Trinajstić information content (AvgIpc) is 2.81. The quantitative estimate of drug-likeness (QED) is 0.542. The Morgan fingerprint density at radius 3 is 2.43 bits per heavy atom. The third-order valence-corrected chi connectivity index (χ3v) is 5.86. The summed E-state index contributed by atoms with van der Waals surface area (Å²) in [5.74, 6) is 0.438. The maximum atomic E-state index is 11.7. The molecular formula is C24H24ClN3O2. The molecular weight excluding hydrogens is 398 g/mol. The van der Waals surface area contributed by atoms with E-state index in [-0.39, 0.29) is 17.9 Å². The third-order valence-electron chi connectivity index (χ3n) is 5.58. The molecule has 2 aromatic carbocycles. The van der Waals surface area contributed by atoms with Crippen molar-refractivity contribution in [3.63, 3.8) is 0 Å². The van der Waals surface area contributed by atoms with Gasteiger partial charge in [-0.3, -0.25) is 4.79 Å². The van der Waals surface area contributed by atoms with Gasteiger partial charge in [-0.2, -0.15) is 0 Å². The van der Waals surface area contributed by atoms with Gasteiger partial charge in [-0.1, -0.05) is 60.1 Å². The lowest BCUT2D eigenvalue weighted by Crippen LogP contribution is -2.30. The first kappa shape index (κ1) is 20.4. The molecule has 30 heavy (non-hydrogen) atoms. The van der Waals surface area contributed by atoms with Crippen LogP contribution in [0.4, 0.5) is 5.95 Å². The van der Waals surface area contributed by atoms with Crippen molar-refractivity contribution in [2.24, 2.45) is 5.92 Å². The fraction of sp³-hybridized carbons (Fsp3) is 0.292. The van der Waals surface area contributed by atoms with E-state index in [1.54, 1.807) is 6.20 Å². The number of nitrogens with one attached hydrogen (secondary N) is 1. The van der Waals surface area contributed by atoms with Gasteiger partial charge in [0.1, 0.15) is 0 Å². The molecule has 0 spiro atoms. The Morgan fingerprint density at radius 2 is 1.70 bits per heavy atom.